The number of hydrazone groups is 1. The molecule has 3 rings (SSSR count). The second kappa shape index (κ2) is 7.91. The maximum atomic E-state index is 12.9. The van der Waals surface area contributed by atoms with Gasteiger partial charge in [0.1, 0.15) is 5.75 Å². The summed E-state index contributed by atoms with van der Waals surface area (Å²) in [6, 6.07) is 12.7. The quantitative estimate of drug-likeness (QED) is 0.797. The highest BCUT2D eigenvalue weighted by Gasteiger charge is 2.20. The molecule has 0 radical (unpaired) electrons. The number of aryl methyl sites for hydroxylation is 1. The number of methoxy groups -OCH3 is 1. The summed E-state index contributed by atoms with van der Waals surface area (Å²) in [4.78, 5) is 2.66. The molecular formula is C20H24N2O3S. The molecule has 1 N–H and O–H groups in total. The number of hydrogen-bond acceptors (Lipinski definition) is 4. The summed E-state index contributed by atoms with van der Waals surface area (Å²) in [5.41, 5.74) is 3.40. The molecule has 0 spiro atoms. The molecule has 0 saturated heterocycles. The van der Waals surface area contributed by atoms with E-state index in [1.54, 1.807) is 19.2 Å². The zero-order valence-electron chi connectivity index (χ0n) is 15.2. The van der Waals surface area contributed by atoms with Crippen molar-refractivity contribution in [1.29, 1.82) is 0 Å². The number of nitrogens with zero attached hydrogens (tertiary/aromatic N) is 1. The number of ether oxygens (including phenoxy) is 1. The van der Waals surface area contributed by atoms with Gasteiger partial charge < -0.3 is 4.74 Å². The van der Waals surface area contributed by atoms with E-state index >= 15 is 0 Å². The van der Waals surface area contributed by atoms with Gasteiger partial charge in [-0.05, 0) is 56.4 Å². The number of nitrogens with one attached hydrogen (secondary N) is 1. The molecule has 0 unspecified atom stereocenters. The van der Waals surface area contributed by atoms with Crippen molar-refractivity contribution in [2.45, 2.75) is 43.9 Å². The van der Waals surface area contributed by atoms with Crippen molar-refractivity contribution in [2.24, 2.45) is 5.10 Å². The van der Waals surface area contributed by atoms with E-state index in [2.05, 4.69) is 9.93 Å². The smallest absolute Gasteiger partial charge is 0.277 e. The van der Waals surface area contributed by atoms with Gasteiger partial charge in [0.2, 0.25) is 0 Å². The number of sulfonamides is 1. The molecule has 2 aromatic rings. The minimum absolute atomic E-state index is 0.230. The van der Waals surface area contributed by atoms with E-state index in [0.29, 0.717) is 5.56 Å². The van der Waals surface area contributed by atoms with Gasteiger partial charge in [0.25, 0.3) is 10.0 Å². The van der Waals surface area contributed by atoms with Crippen molar-refractivity contribution >= 4 is 15.7 Å². The first-order chi connectivity index (χ1) is 12.5. The van der Waals surface area contributed by atoms with Gasteiger partial charge in [-0.25, -0.2) is 4.83 Å². The Morgan fingerprint density at radius 2 is 1.69 bits per heavy atom. The summed E-state index contributed by atoms with van der Waals surface area (Å²) in [6.45, 7) is 1.94. The monoisotopic (exact) mass is 372 g/mol. The van der Waals surface area contributed by atoms with E-state index in [1.165, 1.54) is 6.42 Å². The van der Waals surface area contributed by atoms with E-state index in [1.807, 2.05) is 37.3 Å². The zero-order chi connectivity index (χ0) is 18.6. The van der Waals surface area contributed by atoms with E-state index in [9.17, 15) is 8.42 Å². The molecule has 1 aliphatic rings. The maximum Gasteiger partial charge on any atom is 0.277 e. The van der Waals surface area contributed by atoms with E-state index in [0.717, 1.165) is 48.3 Å². The minimum atomic E-state index is -3.74. The molecule has 5 nitrogen and oxygen atoms in total. The molecule has 0 amide bonds. The molecule has 0 aromatic heterocycles. The van der Waals surface area contributed by atoms with Crippen LogP contribution in [-0.2, 0) is 10.0 Å². The normalized spacial score (nSPS) is 14.8. The van der Waals surface area contributed by atoms with Crippen LogP contribution in [0.15, 0.2) is 52.5 Å². The minimum Gasteiger partial charge on any atom is -0.497 e. The van der Waals surface area contributed by atoms with E-state index in [-0.39, 0.29) is 4.90 Å². The Morgan fingerprint density at radius 1 is 1.00 bits per heavy atom. The average molecular weight is 372 g/mol. The maximum absolute atomic E-state index is 12.9. The zero-order valence-corrected chi connectivity index (χ0v) is 16.0. The van der Waals surface area contributed by atoms with E-state index in [4.69, 9.17) is 4.74 Å². The molecule has 138 valence electrons. The van der Waals surface area contributed by atoms with Crippen LogP contribution in [0.1, 0.15) is 37.7 Å². The summed E-state index contributed by atoms with van der Waals surface area (Å²) in [6.07, 6.45) is 5.05. The van der Waals surface area contributed by atoms with Crippen LogP contribution in [0.5, 0.6) is 5.75 Å². The first-order valence-corrected chi connectivity index (χ1v) is 10.3. The van der Waals surface area contributed by atoms with Crippen molar-refractivity contribution in [3.05, 3.63) is 48.0 Å². The van der Waals surface area contributed by atoms with Crippen LogP contribution in [0.2, 0.25) is 0 Å². The molecule has 26 heavy (non-hydrogen) atoms. The largest absolute Gasteiger partial charge is 0.497 e. The molecule has 0 bridgehead atoms. The molecule has 1 fully saturated rings. The SMILES string of the molecule is COc1ccc(-c2cc(C)ccc2S(=O)(=O)NN=C2CCCCC2)cc1. The fourth-order valence-corrected chi connectivity index (χ4v) is 4.18. The van der Waals surface area contributed by atoms with Crippen molar-refractivity contribution in [3.8, 4) is 16.9 Å². The third-order valence-corrected chi connectivity index (χ3v) is 5.85. The summed E-state index contributed by atoms with van der Waals surface area (Å²) in [5, 5.41) is 4.17. The molecule has 6 heteroatoms. The van der Waals surface area contributed by atoms with Crippen molar-refractivity contribution < 1.29 is 13.2 Å². The fourth-order valence-electron chi connectivity index (χ4n) is 3.12. The second-order valence-electron chi connectivity index (χ2n) is 6.56. The topological polar surface area (TPSA) is 67.8 Å². The van der Waals surface area contributed by atoms with Crippen LogP contribution >= 0.6 is 0 Å². The summed E-state index contributed by atoms with van der Waals surface area (Å²) in [7, 11) is -2.14. The van der Waals surface area contributed by atoms with Crippen LogP contribution in [0.4, 0.5) is 0 Å². The summed E-state index contributed by atoms with van der Waals surface area (Å²) in [5.74, 6) is 0.729. The molecule has 1 saturated carbocycles. The van der Waals surface area contributed by atoms with Gasteiger partial charge in [-0.3, -0.25) is 0 Å². The predicted octanol–water partition coefficient (Wildman–Crippen LogP) is 4.27. The Hall–Kier alpha value is -2.34. The second-order valence-corrected chi connectivity index (χ2v) is 8.19. The van der Waals surface area contributed by atoms with Gasteiger partial charge >= 0.3 is 0 Å². The van der Waals surface area contributed by atoms with Crippen molar-refractivity contribution in [3.63, 3.8) is 0 Å². The number of hydrogen-bond donors (Lipinski definition) is 1. The van der Waals surface area contributed by atoms with Gasteiger partial charge in [-0.1, -0.05) is 36.2 Å². The molecule has 0 heterocycles. The number of benzene rings is 2. The van der Waals surface area contributed by atoms with Gasteiger partial charge in [-0.2, -0.15) is 13.5 Å². The lowest BCUT2D eigenvalue weighted by Gasteiger charge is -2.14. The Labute approximate surface area is 155 Å². The molecule has 0 aliphatic heterocycles. The highest BCUT2D eigenvalue weighted by Crippen LogP contribution is 2.30. The predicted molar refractivity (Wildman–Crippen MR) is 104 cm³/mol. The standard InChI is InChI=1S/C20H24N2O3S/c1-15-8-13-20(19(14-15)16-9-11-18(25-2)12-10-16)26(23,24)22-21-17-6-4-3-5-7-17/h8-14,22H,3-7H2,1-2H3. The van der Waals surface area contributed by atoms with Gasteiger partial charge in [0.05, 0.1) is 12.0 Å². The Morgan fingerprint density at radius 3 is 2.35 bits per heavy atom. The van der Waals surface area contributed by atoms with Gasteiger partial charge in [0, 0.05) is 11.3 Å². The first-order valence-electron chi connectivity index (χ1n) is 8.82. The van der Waals surface area contributed by atoms with Gasteiger partial charge in [-0.15, -0.1) is 0 Å². The van der Waals surface area contributed by atoms with Gasteiger partial charge in [0.15, 0.2) is 0 Å². The third kappa shape index (κ3) is 4.25. The lowest BCUT2D eigenvalue weighted by molar-refractivity contribution is 0.415. The van der Waals surface area contributed by atoms with Crippen LogP contribution in [0, 0.1) is 6.92 Å². The van der Waals surface area contributed by atoms with Crippen LogP contribution in [0.3, 0.4) is 0 Å². The van der Waals surface area contributed by atoms with Crippen molar-refractivity contribution in [1.82, 2.24) is 4.83 Å². The van der Waals surface area contributed by atoms with E-state index < -0.39 is 10.0 Å². The molecular weight excluding hydrogens is 348 g/mol. The Kier molecular flexibility index (Phi) is 5.61. The van der Waals surface area contributed by atoms with Crippen LogP contribution < -0.4 is 9.57 Å². The Bertz CT molecular complexity index is 895. The van der Waals surface area contributed by atoms with Crippen LogP contribution in [-0.4, -0.2) is 21.2 Å². The molecule has 0 atom stereocenters. The number of rotatable bonds is 5. The first kappa shape index (κ1) is 18.5. The highest BCUT2D eigenvalue weighted by molar-refractivity contribution is 7.89. The fraction of sp³-hybridized carbons (Fsp3) is 0.350. The Balaban J connectivity index is 1.95. The molecule has 2 aromatic carbocycles. The molecule has 1 aliphatic carbocycles. The summed E-state index contributed by atoms with van der Waals surface area (Å²) < 4.78 is 30.9. The summed E-state index contributed by atoms with van der Waals surface area (Å²) >= 11 is 0. The average Bonchev–Trinajstić information content (AvgIpc) is 2.67. The van der Waals surface area contributed by atoms with Crippen LogP contribution in [0.25, 0.3) is 11.1 Å². The highest BCUT2D eigenvalue weighted by atomic mass is 32.2. The van der Waals surface area contributed by atoms with Crippen molar-refractivity contribution in [2.75, 3.05) is 7.11 Å². The lowest BCUT2D eigenvalue weighted by Crippen LogP contribution is -2.22. The third-order valence-electron chi connectivity index (χ3n) is 4.58. The lowest BCUT2D eigenvalue weighted by atomic mass is 9.99.